The quantitative estimate of drug-likeness (QED) is 0.797. The zero-order valence-corrected chi connectivity index (χ0v) is 13.2. The van der Waals surface area contributed by atoms with E-state index >= 15 is 0 Å². The number of carbonyl (C=O) groups excluding carboxylic acids is 1. The van der Waals surface area contributed by atoms with Crippen LogP contribution in [0.2, 0.25) is 15.1 Å². The minimum atomic E-state index is -0.0322. The van der Waals surface area contributed by atoms with Gasteiger partial charge in [-0.15, -0.1) is 0 Å². The molecule has 0 bridgehead atoms. The molecule has 5 heteroatoms. The third kappa shape index (κ3) is 3.52. The molecule has 3 rings (SSSR count). The first-order valence-electron chi connectivity index (χ1n) is 6.55. The van der Waals surface area contributed by atoms with Gasteiger partial charge in [0.1, 0.15) is 0 Å². The molecular formula is C16H12Cl3NO. The molecule has 2 aromatic rings. The van der Waals surface area contributed by atoms with E-state index < -0.39 is 0 Å². The second kappa shape index (κ2) is 5.88. The maximum absolute atomic E-state index is 12.2. The van der Waals surface area contributed by atoms with Crippen molar-refractivity contribution >= 4 is 46.4 Å². The van der Waals surface area contributed by atoms with E-state index in [-0.39, 0.29) is 17.7 Å². The normalized spacial score (nSPS) is 20.1. The highest BCUT2D eigenvalue weighted by molar-refractivity contribution is 6.34. The Morgan fingerprint density at radius 2 is 1.57 bits per heavy atom. The molecule has 0 spiro atoms. The molecule has 108 valence electrons. The van der Waals surface area contributed by atoms with Gasteiger partial charge >= 0.3 is 0 Å². The molecule has 1 aliphatic carbocycles. The molecule has 2 nitrogen and oxygen atoms in total. The van der Waals surface area contributed by atoms with Crippen molar-refractivity contribution in [3.8, 4) is 0 Å². The second-order valence-corrected chi connectivity index (χ2v) is 6.46. The summed E-state index contributed by atoms with van der Waals surface area (Å²) >= 11 is 17.8. The van der Waals surface area contributed by atoms with Crippen LogP contribution in [-0.4, -0.2) is 5.91 Å². The van der Waals surface area contributed by atoms with Crippen molar-refractivity contribution in [3.05, 3.63) is 63.1 Å². The van der Waals surface area contributed by atoms with Gasteiger partial charge in [-0.05, 0) is 60.4 Å². The fraction of sp³-hybridized carbons (Fsp3) is 0.188. The van der Waals surface area contributed by atoms with Crippen molar-refractivity contribution in [2.45, 2.75) is 12.3 Å². The van der Waals surface area contributed by atoms with E-state index in [1.54, 1.807) is 30.3 Å². The topological polar surface area (TPSA) is 29.1 Å². The van der Waals surface area contributed by atoms with E-state index in [1.165, 1.54) is 0 Å². The number of hydrogen-bond donors (Lipinski definition) is 1. The van der Waals surface area contributed by atoms with Crippen LogP contribution >= 0.6 is 34.8 Å². The monoisotopic (exact) mass is 339 g/mol. The molecule has 2 atom stereocenters. The molecule has 0 unspecified atom stereocenters. The van der Waals surface area contributed by atoms with Crippen molar-refractivity contribution in [1.82, 2.24) is 0 Å². The van der Waals surface area contributed by atoms with Gasteiger partial charge in [0.15, 0.2) is 0 Å². The predicted octanol–water partition coefficient (Wildman–Crippen LogP) is 5.39. The molecule has 21 heavy (non-hydrogen) atoms. The third-order valence-electron chi connectivity index (χ3n) is 3.55. The average Bonchev–Trinajstić information content (AvgIpc) is 3.20. The molecule has 1 aliphatic rings. The molecular weight excluding hydrogens is 329 g/mol. The summed E-state index contributed by atoms with van der Waals surface area (Å²) in [6.45, 7) is 0. The van der Waals surface area contributed by atoms with Crippen LogP contribution in [0, 0.1) is 5.92 Å². The van der Waals surface area contributed by atoms with Crippen LogP contribution < -0.4 is 5.32 Å². The molecule has 0 aromatic heterocycles. The lowest BCUT2D eigenvalue weighted by Gasteiger charge is -2.06. The van der Waals surface area contributed by atoms with E-state index in [4.69, 9.17) is 34.8 Å². The van der Waals surface area contributed by atoms with Crippen molar-refractivity contribution in [2.24, 2.45) is 5.92 Å². The number of rotatable bonds is 3. The first-order chi connectivity index (χ1) is 10.0. The molecule has 0 heterocycles. The first-order valence-corrected chi connectivity index (χ1v) is 7.69. The van der Waals surface area contributed by atoms with Crippen LogP contribution in [0.1, 0.15) is 17.9 Å². The van der Waals surface area contributed by atoms with E-state index in [0.717, 1.165) is 17.7 Å². The fourth-order valence-corrected chi connectivity index (χ4v) is 3.08. The minimum Gasteiger partial charge on any atom is -0.326 e. The van der Waals surface area contributed by atoms with Gasteiger partial charge in [-0.2, -0.15) is 0 Å². The predicted molar refractivity (Wildman–Crippen MR) is 87.4 cm³/mol. The zero-order chi connectivity index (χ0) is 15.0. The number of nitrogens with one attached hydrogen (secondary N) is 1. The van der Waals surface area contributed by atoms with E-state index in [9.17, 15) is 4.79 Å². The summed E-state index contributed by atoms with van der Waals surface area (Å²) < 4.78 is 0. The standard InChI is InChI=1S/C16H12Cl3NO/c17-10-1-3-13(4-2-10)20-16(21)15-8-14(15)9-5-11(18)7-12(19)6-9/h1-7,14-15H,8H2,(H,20,21)/t14-,15+/m1/s1. The van der Waals surface area contributed by atoms with Crippen LogP contribution in [0.5, 0.6) is 0 Å². The van der Waals surface area contributed by atoms with Crippen LogP contribution in [-0.2, 0) is 4.79 Å². The van der Waals surface area contributed by atoms with Gasteiger partial charge < -0.3 is 5.32 Å². The number of anilines is 1. The summed E-state index contributed by atoms with van der Waals surface area (Å²) in [5, 5.41) is 4.74. The van der Waals surface area contributed by atoms with Crippen LogP contribution in [0.3, 0.4) is 0 Å². The summed E-state index contributed by atoms with van der Waals surface area (Å²) in [5.74, 6) is 0.169. The van der Waals surface area contributed by atoms with Gasteiger partial charge in [0, 0.05) is 26.7 Å². The van der Waals surface area contributed by atoms with Crippen LogP contribution in [0.4, 0.5) is 5.69 Å². The molecule has 0 radical (unpaired) electrons. The van der Waals surface area contributed by atoms with Gasteiger partial charge in [-0.25, -0.2) is 0 Å². The van der Waals surface area contributed by atoms with E-state index in [2.05, 4.69) is 5.32 Å². The van der Waals surface area contributed by atoms with E-state index in [1.807, 2.05) is 12.1 Å². The van der Waals surface area contributed by atoms with E-state index in [0.29, 0.717) is 15.1 Å². The maximum Gasteiger partial charge on any atom is 0.228 e. The molecule has 2 aromatic carbocycles. The number of halogens is 3. The molecule has 1 fully saturated rings. The van der Waals surface area contributed by atoms with Crippen molar-refractivity contribution in [1.29, 1.82) is 0 Å². The lowest BCUT2D eigenvalue weighted by Crippen LogP contribution is -2.14. The third-order valence-corrected chi connectivity index (χ3v) is 4.24. The Hall–Kier alpha value is -1.22. The second-order valence-electron chi connectivity index (χ2n) is 5.15. The SMILES string of the molecule is O=C(Nc1ccc(Cl)cc1)[C@H]1C[C@@H]1c1cc(Cl)cc(Cl)c1. The highest BCUT2D eigenvalue weighted by Gasteiger charge is 2.44. The maximum atomic E-state index is 12.2. The summed E-state index contributed by atoms with van der Waals surface area (Å²) in [4.78, 5) is 12.2. The summed E-state index contributed by atoms with van der Waals surface area (Å²) in [6.07, 6.45) is 0.816. The zero-order valence-electron chi connectivity index (χ0n) is 10.9. The Morgan fingerprint density at radius 1 is 0.952 bits per heavy atom. The smallest absolute Gasteiger partial charge is 0.228 e. The minimum absolute atomic E-state index is 0.0124. The number of hydrogen-bond acceptors (Lipinski definition) is 1. The summed E-state index contributed by atoms with van der Waals surface area (Å²) in [5.41, 5.74) is 1.77. The molecule has 1 saturated carbocycles. The number of carbonyl (C=O) groups is 1. The molecule has 1 amide bonds. The number of amides is 1. The Kier molecular flexibility index (Phi) is 4.12. The lowest BCUT2D eigenvalue weighted by molar-refractivity contribution is -0.117. The van der Waals surface area contributed by atoms with Crippen LogP contribution in [0.15, 0.2) is 42.5 Å². The first kappa shape index (κ1) is 14.7. The average molecular weight is 341 g/mol. The van der Waals surface area contributed by atoms with Gasteiger partial charge in [-0.1, -0.05) is 34.8 Å². The van der Waals surface area contributed by atoms with Gasteiger partial charge in [0.25, 0.3) is 0 Å². The molecule has 1 N–H and O–H groups in total. The highest BCUT2D eigenvalue weighted by atomic mass is 35.5. The van der Waals surface area contributed by atoms with Gasteiger partial charge in [0.2, 0.25) is 5.91 Å². The fourth-order valence-electron chi connectivity index (χ4n) is 2.41. The van der Waals surface area contributed by atoms with Crippen LogP contribution in [0.25, 0.3) is 0 Å². The lowest BCUT2D eigenvalue weighted by atomic mass is 10.1. The Balaban J connectivity index is 1.67. The Labute approximate surface area is 138 Å². The molecule has 0 aliphatic heterocycles. The summed E-state index contributed by atoms with van der Waals surface area (Å²) in [6, 6.07) is 12.5. The largest absolute Gasteiger partial charge is 0.326 e. The molecule has 0 saturated heterocycles. The van der Waals surface area contributed by atoms with Crippen molar-refractivity contribution in [3.63, 3.8) is 0 Å². The van der Waals surface area contributed by atoms with Gasteiger partial charge in [-0.3, -0.25) is 4.79 Å². The van der Waals surface area contributed by atoms with Crippen molar-refractivity contribution < 1.29 is 4.79 Å². The Morgan fingerprint density at radius 3 is 2.19 bits per heavy atom. The van der Waals surface area contributed by atoms with Crippen molar-refractivity contribution in [2.75, 3.05) is 5.32 Å². The number of benzene rings is 2. The highest BCUT2D eigenvalue weighted by Crippen LogP contribution is 2.49. The Bertz CT molecular complexity index is 664. The summed E-state index contributed by atoms with van der Waals surface area (Å²) in [7, 11) is 0. The van der Waals surface area contributed by atoms with Gasteiger partial charge in [0.05, 0.1) is 0 Å².